The van der Waals surface area contributed by atoms with Gasteiger partial charge in [-0.25, -0.2) is 0 Å². The molecule has 1 fully saturated rings. The first-order valence-corrected chi connectivity index (χ1v) is 5.20. The molecule has 0 aliphatic carbocycles. The molecule has 1 aliphatic rings. The van der Waals surface area contributed by atoms with Gasteiger partial charge in [0.15, 0.2) is 0 Å². The van der Waals surface area contributed by atoms with Crippen LogP contribution in [0.2, 0.25) is 0 Å². The lowest BCUT2D eigenvalue weighted by Crippen LogP contribution is -2.44. The van der Waals surface area contributed by atoms with Crippen molar-refractivity contribution in [1.82, 2.24) is 4.90 Å². The lowest BCUT2D eigenvalue weighted by Gasteiger charge is -2.35. The van der Waals surface area contributed by atoms with Crippen LogP contribution in [-0.2, 0) is 0 Å². The minimum absolute atomic E-state index is 0. The average Bonchev–Trinajstić information content (AvgIpc) is 2.07. The van der Waals surface area contributed by atoms with E-state index in [0.29, 0.717) is 6.04 Å². The summed E-state index contributed by atoms with van der Waals surface area (Å²) in [6.45, 7) is 3.44. The predicted molar refractivity (Wildman–Crippen MR) is 67.6 cm³/mol. The molecule has 0 spiro atoms. The fraction of sp³-hybridized carbons (Fsp3) is 1.00. The quantitative estimate of drug-likeness (QED) is 0.824. The van der Waals surface area contributed by atoms with Crippen molar-refractivity contribution >= 4 is 24.8 Å². The molecular formula is C10H24Cl2N2. The van der Waals surface area contributed by atoms with E-state index in [2.05, 4.69) is 18.9 Å². The van der Waals surface area contributed by atoms with Crippen molar-refractivity contribution < 1.29 is 0 Å². The summed E-state index contributed by atoms with van der Waals surface area (Å²) in [7, 11) is 2.23. The third kappa shape index (κ3) is 5.40. The highest BCUT2D eigenvalue weighted by atomic mass is 35.5. The van der Waals surface area contributed by atoms with E-state index < -0.39 is 0 Å². The van der Waals surface area contributed by atoms with Crippen molar-refractivity contribution in [3.63, 3.8) is 0 Å². The summed E-state index contributed by atoms with van der Waals surface area (Å²) >= 11 is 0. The van der Waals surface area contributed by atoms with Crippen molar-refractivity contribution in [2.24, 2.45) is 5.73 Å². The van der Waals surface area contributed by atoms with Crippen LogP contribution >= 0.6 is 24.8 Å². The third-order valence-electron chi connectivity index (χ3n) is 2.94. The zero-order valence-electron chi connectivity index (χ0n) is 9.24. The molecule has 1 heterocycles. The third-order valence-corrected chi connectivity index (χ3v) is 2.94. The Balaban J connectivity index is 0. The summed E-state index contributed by atoms with van der Waals surface area (Å²) in [5, 5.41) is 0. The van der Waals surface area contributed by atoms with E-state index in [1.54, 1.807) is 0 Å². The summed E-state index contributed by atoms with van der Waals surface area (Å²) in [5.41, 5.74) is 5.93. The predicted octanol–water partition coefficient (Wildman–Crippen LogP) is 2.44. The highest BCUT2D eigenvalue weighted by molar-refractivity contribution is 5.85. The largest absolute Gasteiger partial charge is 0.328 e. The molecule has 0 bridgehead atoms. The number of piperidine rings is 1. The number of nitrogens with zero attached hydrogens (tertiary/aromatic N) is 1. The molecule has 88 valence electrons. The summed E-state index contributed by atoms with van der Waals surface area (Å²) in [6.07, 6.45) is 6.37. The Hall–Kier alpha value is 0.500. The van der Waals surface area contributed by atoms with E-state index in [0.717, 1.165) is 6.04 Å². The number of rotatable bonds is 3. The summed E-state index contributed by atoms with van der Waals surface area (Å²) < 4.78 is 0. The number of unbranched alkanes of at least 4 members (excludes halogenated alkanes) is 1. The van der Waals surface area contributed by atoms with Gasteiger partial charge in [0.1, 0.15) is 0 Å². The van der Waals surface area contributed by atoms with Gasteiger partial charge in [0.2, 0.25) is 0 Å². The van der Waals surface area contributed by atoms with E-state index in [1.807, 2.05) is 0 Å². The van der Waals surface area contributed by atoms with Crippen molar-refractivity contribution in [2.75, 3.05) is 13.6 Å². The van der Waals surface area contributed by atoms with E-state index in [9.17, 15) is 0 Å². The van der Waals surface area contributed by atoms with Gasteiger partial charge in [-0.2, -0.15) is 0 Å². The Morgan fingerprint density at radius 2 is 2.00 bits per heavy atom. The van der Waals surface area contributed by atoms with Gasteiger partial charge in [0.05, 0.1) is 0 Å². The van der Waals surface area contributed by atoms with Gasteiger partial charge in [-0.05, 0) is 32.9 Å². The fourth-order valence-corrected chi connectivity index (χ4v) is 1.98. The smallest absolute Gasteiger partial charge is 0.0107 e. The van der Waals surface area contributed by atoms with Crippen LogP contribution in [0, 0.1) is 0 Å². The van der Waals surface area contributed by atoms with Crippen molar-refractivity contribution in [1.29, 1.82) is 0 Å². The van der Waals surface area contributed by atoms with Crippen LogP contribution in [0.3, 0.4) is 0 Å². The second-order valence-electron chi connectivity index (χ2n) is 4.06. The lowest BCUT2D eigenvalue weighted by atomic mass is 9.95. The molecule has 0 aromatic carbocycles. The number of hydrogen-bond acceptors (Lipinski definition) is 2. The lowest BCUT2D eigenvalue weighted by molar-refractivity contribution is 0.159. The van der Waals surface area contributed by atoms with Crippen LogP contribution in [0.25, 0.3) is 0 Å². The molecule has 1 saturated heterocycles. The maximum absolute atomic E-state index is 5.93. The summed E-state index contributed by atoms with van der Waals surface area (Å²) in [4.78, 5) is 2.47. The van der Waals surface area contributed by atoms with Crippen LogP contribution < -0.4 is 5.73 Å². The Kier molecular flexibility index (Phi) is 10.6. The second-order valence-corrected chi connectivity index (χ2v) is 4.06. The first kappa shape index (κ1) is 16.9. The van der Waals surface area contributed by atoms with Crippen LogP contribution in [0.1, 0.15) is 39.0 Å². The number of halogens is 2. The van der Waals surface area contributed by atoms with Gasteiger partial charge in [-0.15, -0.1) is 24.8 Å². The molecule has 0 amide bonds. The molecule has 1 aliphatic heterocycles. The molecular weight excluding hydrogens is 219 g/mol. The maximum Gasteiger partial charge on any atom is 0.0107 e. The van der Waals surface area contributed by atoms with Gasteiger partial charge in [-0.3, -0.25) is 0 Å². The maximum atomic E-state index is 5.93. The van der Waals surface area contributed by atoms with Crippen LogP contribution in [0.5, 0.6) is 0 Å². The van der Waals surface area contributed by atoms with Crippen molar-refractivity contribution in [2.45, 2.75) is 51.1 Å². The number of nitrogens with two attached hydrogens (primary N) is 1. The van der Waals surface area contributed by atoms with Gasteiger partial charge < -0.3 is 10.6 Å². The normalized spacial score (nSPS) is 27.6. The van der Waals surface area contributed by atoms with Gasteiger partial charge in [0, 0.05) is 12.1 Å². The Morgan fingerprint density at radius 3 is 2.57 bits per heavy atom. The molecule has 2 unspecified atom stereocenters. The molecule has 1 rings (SSSR count). The molecule has 2 atom stereocenters. The zero-order valence-corrected chi connectivity index (χ0v) is 10.9. The first-order valence-electron chi connectivity index (χ1n) is 5.20. The highest BCUT2D eigenvalue weighted by Gasteiger charge is 2.22. The minimum Gasteiger partial charge on any atom is -0.328 e. The standard InChI is InChI=1S/C10H22N2.2ClH/c1-3-4-5-10-8-9(11)6-7-12(10)2;;/h9-10H,3-8,11H2,1-2H3;2*1H. The molecule has 0 aromatic rings. The summed E-state index contributed by atoms with van der Waals surface area (Å²) in [6, 6.07) is 1.22. The molecule has 14 heavy (non-hydrogen) atoms. The van der Waals surface area contributed by atoms with Crippen molar-refractivity contribution in [3.8, 4) is 0 Å². The van der Waals surface area contributed by atoms with Crippen LogP contribution in [0.4, 0.5) is 0 Å². The molecule has 0 saturated carbocycles. The monoisotopic (exact) mass is 242 g/mol. The molecule has 2 N–H and O–H groups in total. The fourth-order valence-electron chi connectivity index (χ4n) is 1.98. The van der Waals surface area contributed by atoms with Crippen LogP contribution in [0.15, 0.2) is 0 Å². The Morgan fingerprint density at radius 1 is 1.36 bits per heavy atom. The topological polar surface area (TPSA) is 29.3 Å². The zero-order chi connectivity index (χ0) is 8.97. The van der Waals surface area contributed by atoms with E-state index in [1.165, 1.54) is 38.6 Å². The molecule has 0 aromatic heterocycles. The number of likely N-dealkylation sites (tertiary alicyclic amines) is 1. The molecule has 0 radical (unpaired) electrons. The first-order chi connectivity index (χ1) is 5.74. The Bertz CT molecular complexity index is 133. The van der Waals surface area contributed by atoms with Crippen molar-refractivity contribution in [3.05, 3.63) is 0 Å². The second kappa shape index (κ2) is 8.78. The van der Waals surface area contributed by atoms with Crippen LogP contribution in [-0.4, -0.2) is 30.6 Å². The SMILES string of the molecule is CCCCC1CC(N)CCN1C.Cl.Cl. The van der Waals surface area contributed by atoms with E-state index >= 15 is 0 Å². The van der Waals surface area contributed by atoms with E-state index in [4.69, 9.17) is 5.73 Å². The molecule has 4 heteroatoms. The Labute approximate surface area is 100 Å². The minimum atomic E-state index is 0. The highest BCUT2D eigenvalue weighted by Crippen LogP contribution is 2.18. The van der Waals surface area contributed by atoms with Gasteiger partial charge in [0.25, 0.3) is 0 Å². The average molecular weight is 243 g/mol. The van der Waals surface area contributed by atoms with Gasteiger partial charge in [-0.1, -0.05) is 19.8 Å². The summed E-state index contributed by atoms with van der Waals surface area (Å²) in [5.74, 6) is 0. The number of hydrogen-bond donors (Lipinski definition) is 1. The van der Waals surface area contributed by atoms with Gasteiger partial charge >= 0.3 is 0 Å². The van der Waals surface area contributed by atoms with E-state index in [-0.39, 0.29) is 24.8 Å². The molecule has 2 nitrogen and oxygen atoms in total.